The van der Waals surface area contributed by atoms with Gasteiger partial charge in [0.2, 0.25) is 9.84 Å². The van der Waals surface area contributed by atoms with Gasteiger partial charge in [-0.25, -0.2) is 8.42 Å². The van der Waals surface area contributed by atoms with Crippen molar-refractivity contribution in [2.45, 2.75) is 4.90 Å². The number of rotatable bonds is 3. The zero-order valence-electron chi connectivity index (χ0n) is 11.7. The molecule has 0 bridgehead atoms. The second kappa shape index (κ2) is 7.15. The Morgan fingerprint density at radius 1 is 1.17 bits per heavy atom. The maximum absolute atomic E-state index is 12.5. The van der Waals surface area contributed by atoms with E-state index >= 15 is 0 Å². The van der Waals surface area contributed by atoms with Gasteiger partial charge in [0, 0.05) is 10.6 Å². The van der Waals surface area contributed by atoms with E-state index in [1.165, 1.54) is 30.3 Å². The number of nitrogens with zero attached hydrogens (tertiary/aromatic N) is 1. The van der Waals surface area contributed by atoms with Crippen LogP contribution in [0.4, 0.5) is 0 Å². The van der Waals surface area contributed by atoms with Crippen LogP contribution in [0.3, 0.4) is 0 Å². The van der Waals surface area contributed by atoms with E-state index in [1.54, 1.807) is 6.07 Å². The summed E-state index contributed by atoms with van der Waals surface area (Å²) in [4.78, 5) is -0.666. The summed E-state index contributed by atoms with van der Waals surface area (Å²) in [5, 5.41) is 29.3. The van der Waals surface area contributed by atoms with Crippen LogP contribution in [-0.2, 0) is 9.84 Å². The van der Waals surface area contributed by atoms with E-state index in [0.29, 0.717) is 5.02 Å². The van der Waals surface area contributed by atoms with Crippen molar-refractivity contribution in [1.82, 2.24) is 0 Å². The maximum atomic E-state index is 12.5. The van der Waals surface area contributed by atoms with Crippen LogP contribution in [-0.4, -0.2) is 18.6 Å². The minimum atomic E-state index is -4.08. The van der Waals surface area contributed by atoms with Gasteiger partial charge in [0.05, 0.1) is 9.37 Å². The highest BCUT2D eigenvalue weighted by atomic mass is 79.9. The number of aromatic hydroxyl groups is 2. The Morgan fingerprint density at radius 2 is 1.75 bits per heavy atom. The minimum absolute atomic E-state index is 0.0238. The largest absolute Gasteiger partial charge is 0.506 e. The van der Waals surface area contributed by atoms with Gasteiger partial charge in [-0.2, -0.15) is 5.26 Å². The Labute approximate surface area is 160 Å². The van der Waals surface area contributed by atoms with Crippen LogP contribution in [0.1, 0.15) is 5.56 Å². The molecule has 0 aromatic heterocycles. The van der Waals surface area contributed by atoms with E-state index in [-0.39, 0.29) is 25.2 Å². The lowest BCUT2D eigenvalue weighted by Gasteiger charge is -2.08. The fraction of sp³-hybridized carbons (Fsp3) is 0. The van der Waals surface area contributed by atoms with Crippen molar-refractivity contribution >= 4 is 59.4 Å². The molecule has 9 heteroatoms. The standard InChI is InChI=1S/C15H8Br2ClNO4S/c16-12-6-8(14(20)13(17)15(12)21)5-11(7-19)24(22,23)10-3-1-9(18)2-4-10/h1-6,20-21H. The summed E-state index contributed by atoms with van der Waals surface area (Å²) < 4.78 is 25.3. The predicted octanol–water partition coefficient (Wildman–Crippen LogP) is 4.61. The molecule has 0 aliphatic heterocycles. The van der Waals surface area contributed by atoms with Gasteiger partial charge in [0.25, 0.3) is 0 Å². The molecule has 5 nitrogen and oxygen atoms in total. The first-order valence-corrected chi connectivity index (χ1v) is 9.65. The molecule has 0 amide bonds. The van der Waals surface area contributed by atoms with E-state index in [4.69, 9.17) is 11.6 Å². The number of halogens is 3. The van der Waals surface area contributed by atoms with E-state index in [0.717, 1.165) is 6.08 Å². The molecule has 0 heterocycles. The van der Waals surface area contributed by atoms with Crippen LogP contribution in [0.5, 0.6) is 11.5 Å². The highest BCUT2D eigenvalue weighted by Gasteiger charge is 2.22. The van der Waals surface area contributed by atoms with Gasteiger partial charge in [-0.3, -0.25) is 0 Å². The molecular weight excluding hydrogens is 485 g/mol. The Bertz CT molecular complexity index is 980. The summed E-state index contributed by atoms with van der Waals surface area (Å²) in [6.45, 7) is 0. The molecule has 0 unspecified atom stereocenters. The van der Waals surface area contributed by atoms with E-state index in [1.807, 2.05) is 0 Å². The zero-order valence-corrected chi connectivity index (χ0v) is 16.4. The highest BCUT2D eigenvalue weighted by Crippen LogP contribution is 2.42. The first kappa shape index (κ1) is 18.8. The van der Waals surface area contributed by atoms with Crippen molar-refractivity contribution in [3.63, 3.8) is 0 Å². The van der Waals surface area contributed by atoms with Gasteiger partial charge in [-0.05, 0) is 68.3 Å². The number of phenolic OH excluding ortho intramolecular Hbond substituents is 2. The predicted molar refractivity (Wildman–Crippen MR) is 97.4 cm³/mol. The van der Waals surface area contributed by atoms with Gasteiger partial charge in [-0.1, -0.05) is 11.6 Å². The zero-order chi connectivity index (χ0) is 18.1. The second-order valence-electron chi connectivity index (χ2n) is 4.54. The Morgan fingerprint density at radius 3 is 2.29 bits per heavy atom. The third-order valence-corrected chi connectivity index (χ3v) is 6.30. The van der Waals surface area contributed by atoms with Crippen molar-refractivity contribution < 1.29 is 18.6 Å². The van der Waals surface area contributed by atoms with Crippen LogP contribution in [0, 0.1) is 11.3 Å². The van der Waals surface area contributed by atoms with Crippen molar-refractivity contribution in [3.8, 4) is 17.6 Å². The smallest absolute Gasteiger partial charge is 0.216 e. The average Bonchev–Trinajstić information content (AvgIpc) is 2.55. The van der Waals surface area contributed by atoms with E-state index in [2.05, 4.69) is 31.9 Å². The number of allylic oxidation sites excluding steroid dienone is 1. The van der Waals surface area contributed by atoms with Crippen LogP contribution < -0.4 is 0 Å². The number of sulfone groups is 1. The molecule has 2 rings (SSSR count). The molecule has 2 aromatic carbocycles. The maximum Gasteiger partial charge on any atom is 0.216 e. The second-order valence-corrected chi connectivity index (χ2v) is 8.54. The Kier molecular flexibility index (Phi) is 5.60. The summed E-state index contributed by atoms with van der Waals surface area (Å²) in [5.41, 5.74) is 0.0423. The van der Waals surface area contributed by atoms with Crippen molar-refractivity contribution in [2.75, 3.05) is 0 Å². The molecule has 0 spiro atoms. The number of nitriles is 1. The van der Waals surface area contributed by atoms with Crippen molar-refractivity contribution in [2.24, 2.45) is 0 Å². The third kappa shape index (κ3) is 3.59. The lowest BCUT2D eigenvalue weighted by atomic mass is 10.2. The Balaban J connectivity index is 2.63. The van der Waals surface area contributed by atoms with Crippen LogP contribution in [0.2, 0.25) is 5.02 Å². The van der Waals surface area contributed by atoms with Gasteiger partial charge in [0.15, 0.2) is 0 Å². The van der Waals surface area contributed by atoms with Crippen LogP contribution >= 0.6 is 43.5 Å². The van der Waals surface area contributed by atoms with Crippen molar-refractivity contribution in [3.05, 3.63) is 54.8 Å². The van der Waals surface area contributed by atoms with Crippen molar-refractivity contribution in [1.29, 1.82) is 5.26 Å². The molecule has 0 saturated carbocycles. The average molecular weight is 494 g/mol. The molecule has 24 heavy (non-hydrogen) atoms. The Hall–Kier alpha value is -1.53. The van der Waals surface area contributed by atoms with Crippen LogP contribution in [0.25, 0.3) is 6.08 Å². The summed E-state index contributed by atoms with van der Waals surface area (Å²) >= 11 is 11.8. The molecule has 2 aromatic rings. The number of hydrogen-bond donors (Lipinski definition) is 2. The SMILES string of the molecule is N#CC(=Cc1cc(Br)c(O)c(Br)c1O)S(=O)(=O)c1ccc(Cl)cc1. The molecule has 0 aliphatic carbocycles. The lowest BCUT2D eigenvalue weighted by molar-refractivity contribution is 0.441. The minimum Gasteiger partial charge on any atom is -0.506 e. The molecule has 0 aliphatic rings. The topological polar surface area (TPSA) is 98.4 Å². The quantitative estimate of drug-likeness (QED) is 0.609. The molecular formula is C15H8Br2ClNO4S. The first-order chi connectivity index (χ1) is 11.2. The van der Waals surface area contributed by atoms with Crippen LogP contribution in [0.15, 0.2) is 49.1 Å². The summed E-state index contributed by atoms with van der Waals surface area (Å²) in [5.74, 6) is -0.640. The number of phenols is 2. The summed E-state index contributed by atoms with van der Waals surface area (Å²) in [7, 11) is -4.08. The molecule has 0 saturated heterocycles. The molecule has 0 fully saturated rings. The highest BCUT2D eigenvalue weighted by molar-refractivity contribution is 9.11. The normalized spacial score (nSPS) is 12.0. The third-order valence-electron chi connectivity index (χ3n) is 3.01. The van der Waals surface area contributed by atoms with Gasteiger partial charge >= 0.3 is 0 Å². The number of benzene rings is 2. The molecule has 124 valence electrons. The fourth-order valence-corrected chi connectivity index (χ4v) is 4.21. The van der Waals surface area contributed by atoms with Gasteiger partial charge in [0.1, 0.15) is 26.9 Å². The number of hydrogen-bond acceptors (Lipinski definition) is 5. The first-order valence-electron chi connectivity index (χ1n) is 6.21. The lowest BCUT2D eigenvalue weighted by Crippen LogP contribution is -2.03. The molecule has 0 atom stereocenters. The van der Waals surface area contributed by atoms with E-state index < -0.39 is 20.5 Å². The summed E-state index contributed by atoms with van der Waals surface area (Å²) in [6.07, 6.45) is 1.02. The van der Waals surface area contributed by atoms with Gasteiger partial charge in [-0.15, -0.1) is 0 Å². The summed E-state index contributed by atoms with van der Waals surface area (Å²) in [6, 6.07) is 8.28. The van der Waals surface area contributed by atoms with E-state index in [9.17, 15) is 23.9 Å². The molecule has 2 N–H and O–H groups in total. The fourth-order valence-electron chi connectivity index (χ4n) is 1.78. The van der Waals surface area contributed by atoms with Gasteiger partial charge < -0.3 is 10.2 Å². The monoisotopic (exact) mass is 491 g/mol. The molecule has 0 radical (unpaired) electrons.